The molecule has 2 amide bonds. The number of thiocarbonyl (C=S) groups is 1. The van der Waals surface area contributed by atoms with Crippen molar-refractivity contribution in [2.24, 2.45) is 0 Å². The minimum atomic E-state index is -0.218. The minimum Gasteiger partial charge on any atom is -0.457 e. The number of carbonyl (C=O) groups excluding carboxylic acids is 2. The van der Waals surface area contributed by atoms with Crippen molar-refractivity contribution in [3.63, 3.8) is 0 Å². The van der Waals surface area contributed by atoms with Crippen molar-refractivity contribution in [1.82, 2.24) is 15.8 Å². The zero-order valence-corrected chi connectivity index (χ0v) is 16.7. The van der Waals surface area contributed by atoms with Crippen molar-refractivity contribution in [2.45, 2.75) is 19.3 Å². The SMILES string of the molecule is O=C1NC(=S)S/C1=C\c1ccc(-c2cccc(C(=O)NN3CCCCC3)c2)o1. The number of carbonyl (C=O) groups is 2. The molecule has 2 fully saturated rings. The maximum atomic E-state index is 12.5. The summed E-state index contributed by atoms with van der Waals surface area (Å²) in [4.78, 5) is 24.8. The third kappa shape index (κ3) is 4.35. The fourth-order valence-corrected chi connectivity index (χ4v) is 4.19. The van der Waals surface area contributed by atoms with Gasteiger partial charge >= 0.3 is 0 Å². The largest absolute Gasteiger partial charge is 0.457 e. The number of nitrogens with zero attached hydrogens (tertiary/aromatic N) is 1. The molecule has 2 saturated heterocycles. The highest BCUT2D eigenvalue weighted by atomic mass is 32.2. The van der Waals surface area contributed by atoms with Gasteiger partial charge in [-0.25, -0.2) is 5.01 Å². The normalized spacial score (nSPS) is 19.1. The molecule has 0 unspecified atom stereocenters. The number of hydrogen-bond donors (Lipinski definition) is 2. The maximum absolute atomic E-state index is 12.5. The molecule has 0 radical (unpaired) electrons. The number of benzene rings is 1. The Morgan fingerprint density at radius 1 is 1.21 bits per heavy atom. The highest BCUT2D eigenvalue weighted by Crippen LogP contribution is 2.29. The van der Waals surface area contributed by atoms with Gasteiger partial charge in [0.15, 0.2) is 0 Å². The van der Waals surface area contributed by atoms with Gasteiger partial charge in [0, 0.05) is 30.3 Å². The van der Waals surface area contributed by atoms with Crippen LogP contribution in [0.1, 0.15) is 35.4 Å². The number of nitrogens with one attached hydrogen (secondary N) is 2. The topological polar surface area (TPSA) is 74.6 Å². The van der Waals surface area contributed by atoms with E-state index in [4.69, 9.17) is 16.6 Å². The number of rotatable bonds is 4. The zero-order chi connectivity index (χ0) is 19.5. The zero-order valence-electron chi connectivity index (χ0n) is 15.1. The van der Waals surface area contributed by atoms with Crippen molar-refractivity contribution in [1.29, 1.82) is 0 Å². The van der Waals surface area contributed by atoms with Crippen LogP contribution in [-0.2, 0) is 4.79 Å². The van der Waals surface area contributed by atoms with Crippen LogP contribution < -0.4 is 10.7 Å². The summed E-state index contributed by atoms with van der Waals surface area (Å²) in [6, 6.07) is 10.9. The predicted octanol–water partition coefficient (Wildman–Crippen LogP) is 3.57. The molecule has 3 heterocycles. The molecule has 144 valence electrons. The second-order valence-corrected chi connectivity index (χ2v) is 8.34. The summed E-state index contributed by atoms with van der Waals surface area (Å²) < 4.78 is 6.29. The van der Waals surface area contributed by atoms with E-state index in [2.05, 4.69) is 10.7 Å². The van der Waals surface area contributed by atoms with Crippen LogP contribution >= 0.6 is 24.0 Å². The number of furan rings is 1. The molecule has 2 aliphatic heterocycles. The molecule has 0 saturated carbocycles. The van der Waals surface area contributed by atoms with Gasteiger partial charge in [0.2, 0.25) is 0 Å². The van der Waals surface area contributed by atoms with Crippen LogP contribution in [0.5, 0.6) is 0 Å². The van der Waals surface area contributed by atoms with Crippen LogP contribution in [0.25, 0.3) is 17.4 Å². The van der Waals surface area contributed by atoms with Crippen LogP contribution in [0.3, 0.4) is 0 Å². The first-order valence-electron chi connectivity index (χ1n) is 9.09. The lowest BCUT2D eigenvalue weighted by atomic mass is 10.1. The molecule has 0 bridgehead atoms. The molecule has 2 N–H and O–H groups in total. The van der Waals surface area contributed by atoms with E-state index in [0.717, 1.165) is 31.5 Å². The molecule has 28 heavy (non-hydrogen) atoms. The van der Waals surface area contributed by atoms with Crippen molar-refractivity contribution in [2.75, 3.05) is 13.1 Å². The van der Waals surface area contributed by atoms with Gasteiger partial charge in [0.1, 0.15) is 15.8 Å². The first-order valence-corrected chi connectivity index (χ1v) is 10.3. The number of thioether (sulfide) groups is 1. The van der Waals surface area contributed by atoms with Crippen LogP contribution in [0.4, 0.5) is 0 Å². The van der Waals surface area contributed by atoms with Crippen LogP contribution in [0.15, 0.2) is 45.7 Å². The van der Waals surface area contributed by atoms with Crippen molar-refractivity contribution >= 4 is 46.2 Å². The van der Waals surface area contributed by atoms with Gasteiger partial charge in [0.25, 0.3) is 11.8 Å². The fraction of sp³-hybridized carbons (Fsp3) is 0.250. The van der Waals surface area contributed by atoms with Gasteiger partial charge < -0.3 is 9.73 Å². The third-order valence-electron chi connectivity index (χ3n) is 4.57. The summed E-state index contributed by atoms with van der Waals surface area (Å²) in [5.41, 5.74) is 4.35. The van der Waals surface area contributed by atoms with E-state index in [0.29, 0.717) is 26.3 Å². The van der Waals surface area contributed by atoms with E-state index < -0.39 is 0 Å². The summed E-state index contributed by atoms with van der Waals surface area (Å²) in [6.45, 7) is 1.77. The molecular weight excluding hydrogens is 394 g/mol. The second kappa shape index (κ2) is 8.30. The Morgan fingerprint density at radius 2 is 2.04 bits per heavy atom. The molecule has 0 aliphatic carbocycles. The molecule has 1 aromatic carbocycles. The molecule has 1 aromatic heterocycles. The molecular formula is C20H19N3O3S2. The molecule has 2 aromatic rings. The van der Waals surface area contributed by atoms with Crippen LogP contribution in [0.2, 0.25) is 0 Å². The van der Waals surface area contributed by atoms with E-state index >= 15 is 0 Å². The molecule has 4 rings (SSSR count). The van der Waals surface area contributed by atoms with E-state index in [9.17, 15) is 9.59 Å². The molecule has 6 nitrogen and oxygen atoms in total. The minimum absolute atomic E-state index is 0.120. The van der Waals surface area contributed by atoms with Crippen LogP contribution in [0, 0.1) is 0 Å². The van der Waals surface area contributed by atoms with Crippen molar-refractivity contribution in [3.8, 4) is 11.3 Å². The summed E-state index contributed by atoms with van der Waals surface area (Å²) in [5.74, 6) is 0.848. The van der Waals surface area contributed by atoms with E-state index in [1.807, 2.05) is 23.2 Å². The summed E-state index contributed by atoms with van der Waals surface area (Å²) in [5, 5.41) is 4.55. The maximum Gasteiger partial charge on any atom is 0.265 e. The Labute approximate surface area is 172 Å². The Hall–Kier alpha value is -2.42. The number of piperidine rings is 1. The third-order valence-corrected chi connectivity index (χ3v) is 5.73. The van der Waals surface area contributed by atoms with Gasteiger partial charge in [-0.15, -0.1) is 0 Å². The lowest BCUT2D eigenvalue weighted by Gasteiger charge is -2.26. The highest BCUT2D eigenvalue weighted by molar-refractivity contribution is 8.26. The van der Waals surface area contributed by atoms with Gasteiger partial charge in [-0.2, -0.15) is 0 Å². The monoisotopic (exact) mass is 413 g/mol. The standard InChI is InChI=1S/C20H19N3O3S2/c24-18(22-23-9-2-1-3-10-23)14-6-4-5-13(11-14)16-8-7-15(26-16)12-17-19(25)21-20(27)28-17/h4-8,11-12H,1-3,9-10H2,(H,22,24)(H,21,25,27)/b17-12-. The molecule has 8 heteroatoms. The smallest absolute Gasteiger partial charge is 0.265 e. The van der Waals surface area contributed by atoms with Crippen molar-refractivity contribution in [3.05, 3.63) is 52.6 Å². The number of hydrazine groups is 1. The Balaban J connectivity index is 1.49. The molecule has 0 atom stereocenters. The van der Waals surface area contributed by atoms with E-state index in [1.165, 1.54) is 18.2 Å². The Bertz CT molecular complexity index is 961. The Morgan fingerprint density at radius 3 is 2.79 bits per heavy atom. The molecule has 2 aliphatic rings. The summed E-state index contributed by atoms with van der Waals surface area (Å²) >= 11 is 6.20. The first kappa shape index (κ1) is 18.9. The quantitative estimate of drug-likeness (QED) is 0.590. The number of amides is 2. The van der Waals surface area contributed by atoms with Crippen molar-refractivity contribution < 1.29 is 14.0 Å². The van der Waals surface area contributed by atoms with Gasteiger partial charge in [-0.1, -0.05) is 42.5 Å². The highest BCUT2D eigenvalue weighted by Gasteiger charge is 2.22. The van der Waals surface area contributed by atoms with Gasteiger partial charge in [-0.3, -0.25) is 15.0 Å². The van der Waals surface area contributed by atoms with E-state index in [-0.39, 0.29) is 11.8 Å². The average molecular weight is 414 g/mol. The lowest BCUT2D eigenvalue weighted by molar-refractivity contribution is -0.115. The Kier molecular flexibility index (Phi) is 5.61. The molecule has 0 spiro atoms. The predicted molar refractivity (Wildman–Crippen MR) is 113 cm³/mol. The van der Waals surface area contributed by atoms with Gasteiger partial charge in [0.05, 0.1) is 4.91 Å². The first-order chi connectivity index (χ1) is 13.6. The van der Waals surface area contributed by atoms with E-state index in [1.54, 1.807) is 24.3 Å². The fourth-order valence-electron chi connectivity index (χ4n) is 3.16. The lowest BCUT2D eigenvalue weighted by Crippen LogP contribution is -2.45. The average Bonchev–Trinajstić information content (AvgIpc) is 3.29. The second-order valence-electron chi connectivity index (χ2n) is 6.62. The van der Waals surface area contributed by atoms with Gasteiger partial charge in [-0.05, 0) is 37.1 Å². The summed E-state index contributed by atoms with van der Waals surface area (Å²) in [6.07, 6.45) is 5.08. The van der Waals surface area contributed by atoms with Crippen LogP contribution in [-0.4, -0.2) is 34.2 Å². The summed E-state index contributed by atoms with van der Waals surface area (Å²) in [7, 11) is 0. The number of hydrogen-bond acceptors (Lipinski definition) is 6.